The monoisotopic (exact) mass is 393 g/mol. The van der Waals surface area contributed by atoms with Crippen molar-refractivity contribution in [3.05, 3.63) is 65.7 Å². The van der Waals surface area contributed by atoms with Crippen LogP contribution in [0.3, 0.4) is 0 Å². The van der Waals surface area contributed by atoms with Gasteiger partial charge in [0.2, 0.25) is 5.91 Å². The Morgan fingerprint density at radius 2 is 1.55 bits per heavy atom. The second kappa shape index (κ2) is 10.4. The van der Waals surface area contributed by atoms with Gasteiger partial charge in [-0.2, -0.15) is 0 Å². The first-order valence-electron chi connectivity index (χ1n) is 10.2. The second-order valence-corrected chi connectivity index (χ2v) is 7.17. The van der Waals surface area contributed by atoms with Crippen LogP contribution in [0.5, 0.6) is 0 Å². The van der Waals surface area contributed by atoms with Gasteiger partial charge < -0.3 is 15.5 Å². The molecule has 6 heteroatoms. The summed E-state index contributed by atoms with van der Waals surface area (Å²) in [5.41, 5.74) is 1.67. The first-order valence-corrected chi connectivity index (χ1v) is 10.2. The summed E-state index contributed by atoms with van der Waals surface area (Å²) < 4.78 is 0. The van der Waals surface area contributed by atoms with Crippen molar-refractivity contribution in [3.8, 4) is 0 Å². The molecule has 2 N–H and O–H groups in total. The maximum atomic E-state index is 12.8. The van der Waals surface area contributed by atoms with Gasteiger partial charge in [0.05, 0.1) is 11.3 Å². The molecule has 0 saturated carbocycles. The normalized spacial score (nSPS) is 13.6. The van der Waals surface area contributed by atoms with E-state index in [1.54, 1.807) is 24.3 Å². The molecule has 1 fully saturated rings. The van der Waals surface area contributed by atoms with Crippen LogP contribution in [0.25, 0.3) is 0 Å². The molecule has 2 aromatic carbocycles. The maximum Gasteiger partial charge on any atom is 0.255 e. The number of rotatable bonds is 7. The predicted octanol–water partition coefficient (Wildman–Crippen LogP) is 3.46. The number of benzene rings is 2. The van der Waals surface area contributed by atoms with Gasteiger partial charge in [-0.25, -0.2) is 0 Å². The molecule has 1 aliphatic heterocycles. The number of hydrogen-bond donors (Lipinski definition) is 2. The first-order chi connectivity index (χ1) is 14.1. The van der Waals surface area contributed by atoms with E-state index >= 15 is 0 Å². The van der Waals surface area contributed by atoms with Gasteiger partial charge in [-0.3, -0.25) is 14.4 Å². The minimum absolute atomic E-state index is 0.0317. The van der Waals surface area contributed by atoms with Crippen LogP contribution < -0.4 is 10.6 Å². The Labute approximate surface area is 171 Å². The Hall–Kier alpha value is -3.15. The highest BCUT2D eigenvalue weighted by atomic mass is 16.2. The maximum absolute atomic E-state index is 12.8. The zero-order valence-corrected chi connectivity index (χ0v) is 16.5. The molecule has 0 aliphatic carbocycles. The largest absolute Gasteiger partial charge is 0.352 e. The van der Waals surface area contributed by atoms with Crippen LogP contribution in [-0.4, -0.2) is 42.3 Å². The Morgan fingerprint density at radius 1 is 0.862 bits per heavy atom. The van der Waals surface area contributed by atoms with Crippen LogP contribution in [0.2, 0.25) is 0 Å². The Kier molecular flexibility index (Phi) is 7.39. The number of carbonyl (C=O) groups excluding carboxylic acids is 3. The van der Waals surface area contributed by atoms with Crippen molar-refractivity contribution >= 4 is 23.4 Å². The summed E-state index contributed by atoms with van der Waals surface area (Å²) in [6, 6.07) is 16.1. The summed E-state index contributed by atoms with van der Waals surface area (Å²) in [5, 5.41) is 5.66. The van der Waals surface area contributed by atoms with E-state index in [9.17, 15) is 14.4 Å². The zero-order chi connectivity index (χ0) is 20.5. The summed E-state index contributed by atoms with van der Waals surface area (Å²) in [6.07, 6.45) is 3.99. The average molecular weight is 393 g/mol. The van der Waals surface area contributed by atoms with Crippen molar-refractivity contribution in [2.75, 3.05) is 25.0 Å². The van der Waals surface area contributed by atoms with Crippen LogP contribution in [0.1, 0.15) is 52.8 Å². The Balaban J connectivity index is 1.48. The molecular weight excluding hydrogens is 366 g/mol. The molecule has 0 radical (unpaired) electrons. The summed E-state index contributed by atoms with van der Waals surface area (Å²) in [5.74, 6) is -0.350. The number of carbonyl (C=O) groups is 3. The van der Waals surface area contributed by atoms with Crippen LogP contribution in [-0.2, 0) is 4.79 Å². The minimum atomic E-state index is -0.169. The molecule has 0 atom stereocenters. The predicted molar refractivity (Wildman–Crippen MR) is 113 cm³/mol. The van der Waals surface area contributed by atoms with Crippen molar-refractivity contribution < 1.29 is 14.4 Å². The fourth-order valence-electron chi connectivity index (χ4n) is 3.40. The van der Waals surface area contributed by atoms with E-state index in [1.807, 2.05) is 35.2 Å². The highest BCUT2D eigenvalue weighted by Gasteiger charge is 2.21. The molecule has 0 aromatic heterocycles. The molecule has 29 heavy (non-hydrogen) atoms. The second-order valence-electron chi connectivity index (χ2n) is 7.17. The molecule has 1 heterocycles. The molecule has 0 unspecified atom stereocenters. The molecule has 1 aliphatic rings. The third kappa shape index (κ3) is 5.91. The molecule has 152 valence electrons. The average Bonchev–Trinajstić information content (AvgIpc) is 2.77. The lowest BCUT2D eigenvalue weighted by Gasteiger charge is -2.27. The third-order valence-electron chi connectivity index (χ3n) is 4.98. The van der Waals surface area contributed by atoms with Crippen LogP contribution >= 0.6 is 0 Å². The molecular formula is C23H27N3O3. The first kappa shape index (κ1) is 20.6. The van der Waals surface area contributed by atoms with Gasteiger partial charge in [-0.1, -0.05) is 30.3 Å². The van der Waals surface area contributed by atoms with Crippen molar-refractivity contribution in [1.29, 1.82) is 0 Å². The van der Waals surface area contributed by atoms with Gasteiger partial charge in [0, 0.05) is 31.6 Å². The van der Waals surface area contributed by atoms with Crippen molar-refractivity contribution in [2.45, 2.75) is 32.1 Å². The fourth-order valence-corrected chi connectivity index (χ4v) is 3.40. The van der Waals surface area contributed by atoms with E-state index in [-0.39, 0.29) is 24.1 Å². The molecule has 1 saturated heterocycles. The number of piperidine rings is 1. The van der Waals surface area contributed by atoms with E-state index in [0.717, 1.165) is 32.4 Å². The lowest BCUT2D eigenvalue weighted by molar-refractivity contribution is -0.116. The van der Waals surface area contributed by atoms with Gasteiger partial charge in [0.15, 0.2) is 0 Å². The molecule has 2 aromatic rings. The highest BCUT2D eigenvalue weighted by molar-refractivity contribution is 6.03. The van der Waals surface area contributed by atoms with Crippen molar-refractivity contribution in [1.82, 2.24) is 10.2 Å². The quantitative estimate of drug-likeness (QED) is 0.707. The smallest absolute Gasteiger partial charge is 0.255 e. The number of hydrogen-bond acceptors (Lipinski definition) is 3. The Morgan fingerprint density at radius 3 is 2.31 bits per heavy atom. The molecule has 3 rings (SSSR count). The lowest BCUT2D eigenvalue weighted by Crippen LogP contribution is -2.36. The summed E-state index contributed by atoms with van der Waals surface area (Å²) in [4.78, 5) is 39.0. The minimum Gasteiger partial charge on any atom is -0.352 e. The summed E-state index contributed by atoms with van der Waals surface area (Å²) in [6.45, 7) is 1.94. The van der Waals surface area contributed by atoms with Gasteiger partial charge >= 0.3 is 0 Å². The number of anilines is 1. The number of nitrogens with one attached hydrogen (secondary N) is 2. The molecule has 0 bridgehead atoms. The van der Waals surface area contributed by atoms with Gasteiger partial charge in [0.1, 0.15) is 0 Å². The van der Waals surface area contributed by atoms with Crippen LogP contribution in [0.15, 0.2) is 54.6 Å². The molecule has 6 nitrogen and oxygen atoms in total. The third-order valence-corrected chi connectivity index (χ3v) is 4.98. The number of nitrogens with zero attached hydrogens (tertiary/aromatic N) is 1. The number of likely N-dealkylation sites (tertiary alicyclic amines) is 1. The van der Waals surface area contributed by atoms with Crippen molar-refractivity contribution in [3.63, 3.8) is 0 Å². The Bertz CT molecular complexity index is 845. The van der Waals surface area contributed by atoms with Crippen LogP contribution in [0, 0.1) is 0 Å². The van der Waals surface area contributed by atoms with E-state index in [1.165, 1.54) is 0 Å². The number of para-hydroxylation sites is 1. The van der Waals surface area contributed by atoms with Gasteiger partial charge in [-0.15, -0.1) is 0 Å². The highest BCUT2D eigenvalue weighted by Crippen LogP contribution is 2.20. The van der Waals surface area contributed by atoms with E-state index in [0.29, 0.717) is 29.8 Å². The summed E-state index contributed by atoms with van der Waals surface area (Å²) in [7, 11) is 0. The molecule has 0 spiro atoms. The van der Waals surface area contributed by atoms with Crippen molar-refractivity contribution in [2.24, 2.45) is 0 Å². The topological polar surface area (TPSA) is 78.5 Å². The van der Waals surface area contributed by atoms with Gasteiger partial charge in [-0.05, 0) is 49.9 Å². The van der Waals surface area contributed by atoms with E-state index < -0.39 is 0 Å². The lowest BCUT2D eigenvalue weighted by atomic mass is 10.1. The number of amides is 3. The van der Waals surface area contributed by atoms with Gasteiger partial charge in [0.25, 0.3) is 11.8 Å². The fraction of sp³-hybridized carbons (Fsp3) is 0.348. The summed E-state index contributed by atoms with van der Waals surface area (Å²) >= 11 is 0. The standard InChI is InChI=1S/C23H27N3O3/c27-21(14-9-15-24-22(28)18-10-3-1-4-11-18)25-20-13-6-5-12-19(20)23(29)26-16-7-2-8-17-26/h1,3-6,10-13H,2,7-9,14-17H2,(H,24,28)(H,25,27). The SMILES string of the molecule is O=C(CCCNC(=O)c1ccccc1)Nc1ccccc1C(=O)N1CCCCC1. The zero-order valence-electron chi connectivity index (χ0n) is 16.5. The van der Waals surface area contributed by atoms with Crippen LogP contribution in [0.4, 0.5) is 5.69 Å². The van der Waals surface area contributed by atoms with E-state index in [4.69, 9.17) is 0 Å². The molecule has 3 amide bonds. The van der Waals surface area contributed by atoms with E-state index in [2.05, 4.69) is 10.6 Å².